The van der Waals surface area contributed by atoms with Crippen LogP contribution in [0.25, 0.3) is 0 Å². The molecule has 4 bridgehead atoms. The summed E-state index contributed by atoms with van der Waals surface area (Å²) in [5.41, 5.74) is 4.20. The van der Waals surface area contributed by atoms with E-state index in [0.29, 0.717) is 29.4 Å². The molecule has 2 aromatic rings. The minimum Gasteiger partial charge on any atom is -0.358 e. The molecule has 122 valence electrons. The predicted octanol–water partition coefficient (Wildman–Crippen LogP) is 4.49. The largest absolute Gasteiger partial charge is 0.358 e. The van der Waals surface area contributed by atoms with E-state index in [0.717, 1.165) is 11.5 Å². The van der Waals surface area contributed by atoms with Crippen molar-refractivity contribution < 1.29 is 4.92 Å². The van der Waals surface area contributed by atoms with Crippen molar-refractivity contribution in [1.82, 2.24) is 4.98 Å². The Hall–Kier alpha value is -2.10. The van der Waals surface area contributed by atoms with Crippen LogP contribution < -0.4 is 0 Å². The van der Waals surface area contributed by atoms with Crippen molar-refractivity contribution in [2.24, 2.45) is 17.8 Å². The van der Waals surface area contributed by atoms with Gasteiger partial charge in [-0.3, -0.25) is 10.1 Å². The molecule has 1 N–H and O–H groups in total. The molecule has 4 nitrogen and oxygen atoms in total. The lowest BCUT2D eigenvalue weighted by atomic mass is 9.53. The lowest BCUT2D eigenvalue weighted by molar-refractivity contribution is -0.385. The molecule has 0 saturated heterocycles. The molecule has 7 rings (SSSR count). The maximum absolute atomic E-state index is 11.5. The second-order valence-electron chi connectivity index (χ2n) is 8.18. The summed E-state index contributed by atoms with van der Waals surface area (Å²) in [5.74, 6) is 2.99. The number of aromatic amines is 1. The van der Waals surface area contributed by atoms with Crippen LogP contribution in [0.15, 0.2) is 36.5 Å². The minimum atomic E-state index is -0.179. The van der Waals surface area contributed by atoms with Crippen LogP contribution >= 0.6 is 0 Å². The molecule has 6 atom stereocenters. The fourth-order valence-corrected chi connectivity index (χ4v) is 7.13. The van der Waals surface area contributed by atoms with Crippen molar-refractivity contribution >= 4 is 5.69 Å². The maximum Gasteiger partial charge on any atom is 0.290 e. The Morgan fingerprint density at radius 1 is 1.17 bits per heavy atom. The van der Waals surface area contributed by atoms with Gasteiger partial charge in [0, 0.05) is 11.1 Å². The van der Waals surface area contributed by atoms with Gasteiger partial charge in [0.25, 0.3) is 5.69 Å². The first-order chi connectivity index (χ1) is 11.7. The van der Waals surface area contributed by atoms with E-state index in [4.69, 9.17) is 0 Å². The minimum absolute atomic E-state index is 0.118. The summed E-state index contributed by atoms with van der Waals surface area (Å²) < 4.78 is 0. The SMILES string of the molecule is O=[N+]([O-])c1c[nH]c2c1[C@H]1[C@@H]3[C@H]1[C@H]1CCCC[C@]21[C@@H]3c1ccccc1. The van der Waals surface area contributed by atoms with Gasteiger partial charge in [-0.15, -0.1) is 0 Å². The lowest BCUT2D eigenvalue weighted by Crippen LogP contribution is -2.45. The summed E-state index contributed by atoms with van der Waals surface area (Å²) >= 11 is 0. The highest BCUT2D eigenvalue weighted by Crippen LogP contribution is 2.84. The van der Waals surface area contributed by atoms with E-state index in [1.807, 2.05) is 0 Å². The number of nitro groups is 1. The molecular weight excluding hydrogens is 300 g/mol. The molecule has 1 aromatic heterocycles. The second kappa shape index (κ2) is 4.11. The van der Waals surface area contributed by atoms with Crippen molar-refractivity contribution in [2.75, 3.05) is 0 Å². The monoisotopic (exact) mass is 320 g/mol. The quantitative estimate of drug-likeness (QED) is 0.654. The Kier molecular flexibility index (Phi) is 2.26. The topological polar surface area (TPSA) is 58.9 Å². The predicted molar refractivity (Wildman–Crippen MR) is 90.0 cm³/mol. The summed E-state index contributed by atoms with van der Waals surface area (Å²) in [6.45, 7) is 0. The molecule has 24 heavy (non-hydrogen) atoms. The molecular formula is C20H20N2O2. The molecule has 5 aliphatic rings. The normalized spacial score (nSPS) is 40.8. The van der Waals surface area contributed by atoms with E-state index in [1.54, 1.807) is 6.20 Å². The number of benzene rings is 1. The van der Waals surface area contributed by atoms with Crippen molar-refractivity contribution in [1.29, 1.82) is 0 Å². The van der Waals surface area contributed by atoms with Crippen LogP contribution in [0, 0.1) is 27.9 Å². The number of hydrogen-bond donors (Lipinski definition) is 1. The Bertz CT molecular complexity index is 858. The maximum atomic E-state index is 11.5. The highest BCUT2D eigenvalue weighted by atomic mass is 16.6. The van der Waals surface area contributed by atoms with Gasteiger partial charge in [0.05, 0.1) is 16.7 Å². The van der Waals surface area contributed by atoms with Gasteiger partial charge >= 0.3 is 0 Å². The summed E-state index contributed by atoms with van der Waals surface area (Å²) in [5, 5.41) is 11.5. The van der Waals surface area contributed by atoms with Gasteiger partial charge in [0.1, 0.15) is 0 Å². The first kappa shape index (κ1) is 13.2. The molecule has 3 fully saturated rings. The van der Waals surface area contributed by atoms with Crippen LogP contribution in [0.2, 0.25) is 0 Å². The third-order valence-corrected chi connectivity index (χ3v) is 7.61. The zero-order valence-corrected chi connectivity index (χ0v) is 13.4. The first-order valence-electron chi connectivity index (χ1n) is 9.16. The number of H-pyrrole nitrogens is 1. The molecule has 1 heterocycles. The van der Waals surface area contributed by atoms with Crippen molar-refractivity contribution in [3.63, 3.8) is 0 Å². The van der Waals surface area contributed by atoms with E-state index in [9.17, 15) is 10.1 Å². The Morgan fingerprint density at radius 2 is 2.00 bits per heavy atom. The van der Waals surface area contributed by atoms with Crippen LogP contribution in [0.5, 0.6) is 0 Å². The lowest BCUT2D eigenvalue weighted by Gasteiger charge is -2.50. The Balaban J connectivity index is 1.61. The molecule has 1 spiro atoms. The molecule has 0 unspecified atom stereocenters. The highest BCUT2D eigenvalue weighted by molar-refractivity contribution is 5.61. The number of nitrogens with zero attached hydrogens (tertiary/aromatic N) is 1. The standard InChI is InChI=1S/C20H20N2O2/c23-22(24)13-10-21-19-15(13)16-14-12-8-4-5-9-20(12,19)18(17(14)16)11-6-2-1-3-7-11/h1-3,6-7,10,12,14,16-18,21H,4-5,8-9H2/t12-,14+,16+,17+,18-,20+/m1/s1. The van der Waals surface area contributed by atoms with Crippen molar-refractivity contribution in [3.05, 3.63) is 63.5 Å². The van der Waals surface area contributed by atoms with Crippen molar-refractivity contribution in [3.8, 4) is 0 Å². The van der Waals surface area contributed by atoms with Crippen LogP contribution in [0.3, 0.4) is 0 Å². The second-order valence-corrected chi connectivity index (χ2v) is 8.18. The van der Waals surface area contributed by atoms with E-state index >= 15 is 0 Å². The van der Waals surface area contributed by atoms with E-state index in [-0.39, 0.29) is 10.3 Å². The fraction of sp³-hybridized carbons (Fsp3) is 0.500. The van der Waals surface area contributed by atoms with Gasteiger partial charge in [0.2, 0.25) is 0 Å². The molecule has 4 heteroatoms. The number of hydrogen-bond acceptors (Lipinski definition) is 2. The molecule has 0 aliphatic heterocycles. The van der Waals surface area contributed by atoms with Gasteiger partial charge in [0.15, 0.2) is 0 Å². The average Bonchev–Trinajstić information content (AvgIpc) is 3.04. The highest BCUT2D eigenvalue weighted by Gasteiger charge is 2.78. The summed E-state index contributed by atoms with van der Waals surface area (Å²) in [7, 11) is 0. The Labute approximate surface area is 140 Å². The van der Waals surface area contributed by atoms with Crippen LogP contribution in [0.4, 0.5) is 5.69 Å². The number of aromatic nitrogens is 1. The molecule has 5 aliphatic carbocycles. The van der Waals surface area contributed by atoms with Gasteiger partial charge in [-0.05, 0) is 48.0 Å². The third kappa shape index (κ3) is 1.27. The Morgan fingerprint density at radius 3 is 2.79 bits per heavy atom. The van der Waals surface area contributed by atoms with Gasteiger partial charge < -0.3 is 4.98 Å². The molecule has 1 aromatic carbocycles. The van der Waals surface area contributed by atoms with Crippen LogP contribution in [0.1, 0.15) is 54.3 Å². The van der Waals surface area contributed by atoms with E-state index in [2.05, 4.69) is 35.3 Å². The average molecular weight is 320 g/mol. The zero-order valence-electron chi connectivity index (χ0n) is 13.4. The van der Waals surface area contributed by atoms with Crippen molar-refractivity contribution in [2.45, 2.75) is 42.9 Å². The van der Waals surface area contributed by atoms with Gasteiger partial charge in [-0.25, -0.2) is 0 Å². The van der Waals surface area contributed by atoms with Gasteiger partial charge in [-0.2, -0.15) is 0 Å². The fourth-order valence-electron chi connectivity index (χ4n) is 7.13. The van der Waals surface area contributed by atoms with Gasteiger partial charge in [-0.1, -0.05) is 43.2 Å². The number of rotatable bonds is 2. The molecule has 0 radical (unpaired) electrons. The molecule has 0 amide bonds. The van der Waals surface area contributed by atoms with Crippen LogP contribution in [-0.4, -0.2) is 9.91 Å². The number of nitrogens with one attached hydrogen (secondary N) is 1. The van der Waals surface area contributed by atoms with E-state index < -0.39 is 0 Å². The zero-order chi connectivity index (χ0) is 16.1. The first-order valence-corrected chi connectivity index (χ1v) is 9.16. The van der Waals surface area contributed by atoms with E-state index in [1.165, 1.54) is 36.9 Å². The summed E-state index contributed by atoms with van der Waals surface area (Å²) in [6.07, 6.45) is 6.72. The summed E-state index contributed by atoms with van der Waals surface area (Å²) in [4.78, 5) is 14.7. The molecule has 3 saturated carbocycles. The smallest absolute Gasteiger partial charge is 0.290 e. The van der Waals surface area contributed by atoms with Crippen LogP contribution in [-0.2, 0) is 5.41 Å². The third-order valence-electron chi connectivity index (χ3n) is 7.61. The summed E-state index contributed by atoms with van der Waals surface area (Å²) in [6, 6.07) is 10.9.